The number of carbonyl (C=O) groups excluding carboxylic acids is 3. The summed E-state index contributed by atoms with van der Waals surface area (Å²) in [5, 5.41) is 6.05. The van der Waals surface area contributed by atoms with E-state index in [1.54, 1.807) is 36.6 Å². The lowest BCUT2D eigenvalue weighted by molar-refractivity contribution is -0.124. The third-order valence-corrected chi connectivity index (χ3v) is 6.82. The van der Waals surface area contributed by atoms with Gasteiger partial charge in [0.25, 0.3) is 11.8 Å². The van der Waals surface area contributed by atoms with E-state index in [9.17, 15) is 14.4 Å². The number of hydrogen-bond donors (Lipinski definition) is 3. The van der Waals surface area contributed by atoms with Crippen LogP contribution in [0, 0.1) is 11.8 Å². The molecule has 1 heterocycles. The van der Waals surface area contributed by atoms with Gasteiger partial charge in [0.05, 0.1) is 12.3 Å². The molecule has 3 atom stereocenters. The average Bonchev–Trinajstić information content (AvgIpc) is 3.59. The van der Waals surface area contributed by atoms with E-state index in [0.29, 0.717) is 55.3 Å². The van der Waals surface area contributed by atoms with Crippen LogP contribution < -0.4 is 16.4 Å². The van der Waals surface area contributed by atoms with Crippen LogP contribution >= 0.6 is 0 Å². The maximum absolute atomic E-state index is 13.3. The van der Waals surface area contributed by atoms with Gasteiger partial charge in [-0.05, 0) is 68.4 Å². The monoisotopic (exact) mass is 510 g/mol. The maximum atomic E-state index is 13.3. The lowest BCUT2D eigenvalue weighted by atomic mass is 9.93. The SMILES string of the molecule is CCCN(CCC)C(=O)c1cccc(C(=O)N[C@@H](Cc2ccco2)[C@@H](N)C[C@@H](C)C(=O)NCC2CC2)c1. The standard InChI is InChI=1S/C29H42N4O4/c1-4-13-33(14-5-2)29(36)23-9-6-8-22(17-23)28(35)32-26(18-24-10-7-15-37-24)25(30)16-20(3)27(34)31-19-21-11-12-21/h6-10,15,17,20-21,25-26H,4-5,11-14,16,18-19,30H2,1-3H3,(H,31,34)(H,32,35)/t20-,25+,26+/m1/s1. The third-order valence-electron chi connectivity index (χ3n) is 6.82. The molecule has 1 aliphatic carbocycles. The first kappa shape index (κ1) is 28.4. The van der Waals surface area contributed by atoms with Gasteiger partial charge in [-0.15, -0.1) is 0 Å². The lowest BCUT2D eigenvalue weighted by Crippen LogP contribution is -2.50. The predicted molar refractivity (Wildman–Crippen MR) is 144 cm³/mol. The zero-order valence-corrected chi connectivity index (χ0v) is 22.4. The van der Waals surface area contributed by atoms with Crippen LogP contribution in [0.5, 0.6) is 0 Å². The van der Waals surface area contributed by atoms with Gasteiger partial charge in [0.15, 0.2) is 0 Å². The van der Waals surface area contributed by atoms with Crippen molar-refractivity contribution >= 4 is 17.7 Å². The van der Waals surface area contributed by atoms with Crippen molar-refractivity contribution in [2.24, 2.45) is 17.6 Å². The van der Waals surface area contributed by atoms with Gasteiger partial charge in [-0.2, -0.15) is 0 Å². The van der Waals surface area contributed by atoms with E-state index < -0.39 is 12.1 Å². The van der Waals surface area contributed by atoms with Crippen LogP contribution in [0.3, 0.4) is 0 Å². The number of furan rings is 1. The highest BCUT2D eigenvalue weighted by atomic mass is 16.3. The van der Waals surface area contributed by atoms with Crippen molar-refractivity contribution in [3.63, 3.8) is 0 Å². The number of nitrogens with zero attached hydrogens (tertiary/aromatic N) is 1. The highest BCUT2D eigenvalue weighted by Crippen LogP contribution is 2.27. The quantitative estimate of drug-likeness (QED) is 0.337. The number of carbonyl (C=O) groups is 3. The fraction of sp³-hybridized carbons (Fsp3) is 0.552. The lowest BCUT2D eigenvalue weighted by Gasteiger charge is -2.27. The Balaban J connectivity index is 1.69. The fourth-order valence-electron chi connectivity index (χ4n) is 4.46. The van der Waals surface area contributed by atoms with Gasteiger partial charge in [-0.1, -0.05) is 26.8 Å². The van der Waals surface area contributed by atoms with E-state index in [2.05, 4.69) is 10.6 Å². The molecule has 1 fully saturated rings. The summed E-state index contributed by atoms with van der Waals surface area (Å²) < 4.78 is 5.51. The summed E-state index contributed by atoms with van der Waals surface area (Å²) in [6.07, 6.45) is 6.49. The molecule has 202 valence electrons. The molecule has 0 radical (unpaired) electrons. The summed E-state index contributed by atoms with van der Waals surface area (Å²) in [4.78, 5) is 40.7. The van der Waals surface area contributed by atoms with Crippen LogP contribution in [0.25, 0.3) is 0 Å². The summed E-state index contributed by atoms with van der Waals surface area (Å²) in [5.41, 5.74) is 7.44. The Morgan fingerprint density at radius 2 is 1.78 bits per heavy atom. The van der Waals surface area contributed by atoms with Gasteiger partial charge >= 0.3 is 0 Å². The summed E-state index contributed by atoms with van der Waals surface area (Å²) in [6, 6.07) is 9.52. The number of nitrogens with one attached hydrogen (secondary N) is 2. The molecule has 0 bridgehead atoms. The Bertz CT molecular complexity index is 1010. The van der Waals surface area contributed by atoms with E-state index >= 15 is 0 Å². The van der Waals surface area contributed by atoms with Crippen molar-refractivity contribution in [1.29, 1.82) is 0 Å². The van der Waals surface area contributed by atoms with Gasteiger partial charge in [0.1, 0.15) is 5.76 Å². The van der Waals surface area contributed by atoms with E-state index in [0.717, 1.165) is 12.8 Å². The molecule has 8 heteroatoms. The zero-order chi connectivity index (χ0) is 26.8. The van der Waals surface area contributed by atoms with Crippen LogP contribution in [0.1, 0.15) is 79.4 Å². The molecule has 2 aromatic rings. The molecule has 1 aromatic heterocycles. The Hall–Kier alpha value is -3.13. The second kappa shape index (κ2) is 14.0. The minimum absolute atomic E-state index is 0.0136. The predicted octanol–water partition coefficient (Wildman–Crippen LogP) is 3.76. The highest BCUT2D eigenvalue weighted by molar-refractivity contribution is 5.99. The van der Waals surface area contributed by atoms with E-state index in [1.807, 2.05) is 31.7 Å². The molecule has 0 spiro atoms. The van der Waals surface area contributed by atoms with Crippen molar-refractivity contribution in [1.82, 2.24) is 15.5 Å². The molecule has 0 aliphatic heterocycles. The Morgan fingerprint density at radius 1 is 1.08 bits per heavy atom. The van der Waals surface area contributed by atoms with E-state index in [1.165, 1.54) is 12.8 Å². The van der Waals surface area contributed by atoms with Crippen molar-refractivity contribution in [3.05, 3.63) is 59.5 Å². The van der Waals surface area contributed by atoms with Gasteiger partial charge in [0, 0.05) is 49.1 Å². The third kappa shape index (κ3) is 8.74. The molecular weight excluding hydrogens is 468 g/mol. The molecule has 3 rings (SSSR count). The normalized spacial score (nSPS) is 15.5. The first-order valence-corrected chi connectivity index (χ1v) is 13.6. The van der Waals surface area contributed by atoms with Crippen LogP contribution in [0.2, 0.25) is 0 Å². The van der Waals surface area contributed by atoms with E-state index in [4.69, 9.17) is 10.2 Å². The van der Waals surface area contributed by atoms with E-state index in [-0.39, 0.29) is 23.6 Å². The molecule has 4 N–H and O–H groups in total. The van der Waals surface area contributed by atoms with Gasteiger partial charge in [-0.3, -0.25) is 14.4 Å². The van der Waals surface area contributed by atoms with Crippen LogP contribution in [0.4, 0.5) is 0 Å². The molecule has 0 saturated heterocycles. The van der Waals surface area contributed by atoms with Gasteiger partial charge in [-0.25, -0.2) is 0 Å². The topological polar surface area (TPSA) is 118 Å². The second-order valence-electron chi connectivity index (χ2n) is 10.2. The smallest absolute Gasteiger partial charge is 0.253 e. The van der Waals surface area contributed by atoms with Gasteiger partial charge in [0.2, 0.25) is 5.91 Å². The van der Waals surface area contributed by atoms with Crippen LogP contribution in [-0.4, -0.2) is 54.3 Å². The minimum Gasteiger partial charge on any atom is -0.469 e. The minimum atomic E-state index is -0.467. The largest absolute Gasteiger partial charge is 0.469 e. The first-order valence-electron chi connectivity index (χ1n) is 13.6. The highest BCUT2D eigenvalue weighted by Gasteiger charge is 2.28. The molecule has 1 saturated carbocycles. The molecule has 1 aromatic carbocycles. The molecule has 37 heavy (non-hydrogen) atoms. The first-order chi connectivity index (χ1) is 17.8. The van der Waals surface area contributed by atoms with Crippen molar-refractivity contribution < 1.29 is 18.8 Å². The zero-order valence-electron chi connectivity index (χ0n) is 22.4. The van der Waals surface area contributed by atoms with Crippen LogP contribution in [-0.2, 0) is 11.2 Å². The summed E-state index contributed by atoms with van der Waals surface area (Å²) in [5.74, 6) is 0.618. The molecule has 0 unspecified atom stereocenters. The number of nitrogens with two attached hydrogens (primary N) is 1. The number of rotatable bonds is 15. The van der Waals surface area contributed by atoms with Crippen molar-refractivity contribution in [2.75, 3.05) is 19.6 Å². The van der Waals surface area contributed by atoms with Gasteiger partial charge < -0.3 is 25.7 Å². The Kier molecular flexibility index (Phi) is 10.7. The Morgan fingerprint density at radius 3 is 2.41 bits per heavy atom. The fourth-order valence-corrected chi connectivity index (χ4v) is 4.46. The molecular formula is C29H42N4O4. The van der Waals surface area contributed by atoms with Crippen molar-refractivity contribution in [3.8, 4) is 0 Å². The summed E-state index contributed by atoms with van der Waals surface area (Å²) in [6.45, 7) is 8.01. The number of amides is 3. The maximum Gasteiger partial charge on any atom is 0.253 e. The number of hydrogen-bond acceptors (Lipinski definition) is 5. The molecule has 1 aliphatic rings. The Labute approximate surface area is 220 Å². The summed E-state index contributed by atoms with van der Waals surface area (Å²) in [7, 11) is 0. The number of benzene rings is 1. The van der Waals surface area contributed by atoms with Crippen LogP contribution in [0.15, 0.2) is 47.1 Å². The van der Waals surface area contributed by atoms with Crippen molar-refractivity contribution in [2.45, 2.75) is 71.4 Å². The second-order valence-corrected chi connectivity index (χ2v) is 10.2. The summed E-state index contributed by atoms with van der Waals surface area (Å²) >= 11 is 0. The molecule has 8 nitrogen and oxygen atoms in total. The molecule has 3 amide bonds. The average molecular weight is 511 g/mol.